The summed E-state index contributed by atoms with van der Waals surface area (Å²) >= 11 is 1.72. The molecule has 5 heterocycles. The molecule has 0 N–H and O–H groups in total. The normalized spacial score (nSPS) is 11.6. The van der Waals surface area contributed by atoms with Crippen LogP contribution in [0.1, 0.15) is 0 Å². The predicted octanol–water partition coefficient (Wildman–Crippen LogP) is 18.2. The highest BCUT2D eigenvalue weighted by molar-refractivity contribution is 7.21. The van der Waals surface area contributed by atoms with Gasteiger partial charge in [0, 0.05) is 77.4 Å². The Morgan fingerprint density at radius 3 is 1.22 bits per heavy atom. The van der Waals surface area contributed by atoms with Crippen molar-refractivity contribution in [2.75, 3.05) is 0 Å². The third-order valence-electron chi connectivity index (χ3n) is 15.4. The van der Waals surface area contributed by atoms with Crippen molar-refractivity contribution in [3.8, 4) is 101 Å². The first-order valence-corrected chi connectivity index (χ1v) is 28.4. The number of nitrogens with zero attached hydrogens (tertiary/aromatic N) is 9. The summed E-state index contributed by atoms with van der Waals surface area (Å²) in [5, 5.41) is 5.56. The molecule has 0 aliphatic carbocycles. The molecule has 83 heavy (non-hydrogen) atoms. The number of hydrogen-bond donors (Lipinski definition) is 0. The Labute approximate surface area is 480 Å². The zero-order chi connectivity index (χ0) is 54.8. The molecule has 0 amide bonds. The number of para-hydroxylation sites is 2. The minimum atomic E-state index is 0.591. The van der Waals surface area contributed by atoms with E-state index in [1.807, 2.05) is 127 Å². The Morgan fingerprint density at radius 2 is 0.675 bits per heavy atom. The van der Waals surface area contributed by atoms with E-state index in [9.17, 15) is 0 Å². The maximum absolute atomic E-state index is 5.26. The fraction of sp³-hybridized carbons (Fsp3) is 0. The van der Waals surface area contributed by atoms with E-state index in [0.717, 1.165) is 120 Å². The summed E-state index contributed by atoms with van der Waals surface area (Å²) in [5.74, 6) is 3.66. The van der Waals surface area contributed by atoms with Gasteiger partial charge < -0.3 is 9.13 Å². The predicted molar refractivity (Wildman–Crippen MR) is 339 cm³/mol. The molecule has 0 spiro atoms. The monoisotopic (exact) mass is 1080 g/mol. The van der Waals surface area contributed by atoms with Gasteiger partial charge in [-0.05, 0) is 60.2 Å². The lowest BCUT2D eigenvalue weighted by Crippen LogP contribution is -2.01. The topological polar surface area (TPSA) is 100 Å². The Hall–Kier alpha value is -11.1. The minimum Gasteiger partial charge on any atom is -0.309 e. The summed E-state index contributed by atoms with van der Waals surface area (Å²) in [6, 6.07) is 94.9. The molecule has 0 aliphatic heterocycles. The number of aromatic nitrogens is 9. The molecular formula is C73H45N9S. The molecule has 0 atom stereocenters. The van der Waals surface area contributed by atoms with Crippen molar-refractivity contribution in [2.45, 2.75) is 0 Å². The fourth-order valence-electron chi connectivity index (χ4n) is 11.6. The maximum Gasteiger partial charge on any atom is 0.164 e. The van der Waals surface area contributed by atoms with Gasteiger partial charge in [0.2, 0.25) is 0 Å². The highest BCUT2D eigenvalue weighted by atomic mass is 32.1. The van der Waals surface area contributed by atoms with Crippen molar-refractivity contribution in [1.29, 1.82) is 0 Å². The molecule has 16 aromatic rings. The molecule has 10 heteroatoms. The van der Waals surface area contributed by atoms with Gasteiger partial charge in [-0.15, -0.1) is 11.3 Å². The lowest BCUT2D eigenvalue weighted by molar-refractivity contribution is 1.07. The van der Waals surface area contributed by atoms with Crippen molar-refractivity contribution in [2.24, 2.45) is 0 Å². The Morgan fingerprint density at radius 1 is 0.253 bits per heavy atom. The van der Waals surface area contributed by atoms with Crippen molar-refractivity contribution < 1.29 is 0 Å². The molecule has 0 saturated heterocycles. The first-order chi connectivity index (χ1) is 41.1. The summed E-state index contributed by atoms with van der Waals surface area (Å²) in [6.07, 6.45) is 0. The van der Waals surface area contributed by atoms with Crippen molar-refractivity contribution in [1.82, 2.24) is 44.0 Å². The van der Waals surface area contributed by atoms with Crippen molar-refractivity contribution in [3.63, 3.8) is 0 Å². The average Bonchev–Trinajstić information content (AvgIpc) is 2.76. The first-order valence-electron chi connectivity index (χ1n) is 27.5. The number of benzene rings is 11. The maximum atomic E-state index is 5.26. The van der Waals surface area contributed by atoms with Gasteiger partial charge in [-0.2, -0.15) is 0 Å². The van der Waals surface area contributed by atoms with Crippen molar-refractivity contribution >= 4 is 65.2 Å². The van der Waals surface area contributed by atoms with Gasteiger partial charge in [-0.1, -0.05) is 218 Å². The van der Waals surface area contributed by atoms with Crippen LogP contribution in [0.2, 0.25) is 0 Å². The van der Waals surface area contributed by atoms with E-state index in [2.05, 4.69) is 155 Å². The lowest BCUT2D eigenvalue weighted by atomic mass is 9.99. The van der Waals surface area contributed by atoms with Crippen LogP contribution >= 0.6 is 11.3 Å². The smallest absolute Gasteiger partial charge is 0.164 e. The molecule has 9 nitrogen and oxygen atoms in total. The number of hydrogen-bond acceptors (Lipinski definition) is 8. The van der Waals surface area contributed by atoms with Crippen LogP contribution in [0.15, 0.2) is 273 Å². The van der Waals surface area contributed by atoms with Gasteiger partial charge in [0.15, 0.2) is 34.9 Å². The zero-order valence-electron chi connectivity index (χ0n) is 44.4. The number of fused-ring (bicyclic) bond motifs is 7. The first kappa shape index (κ1) is 47.9. The molecule has 16 rings (SSSR count). The summed E-state index contributed by atoms with van der Waals surface area (Å²) in [6.45, 7) is 0. The second kappa shape index (κ2) is 19.9. The van der Waals surface area contributed by atoms with E-state index in [1.165, 1.54) is 0 Å². The Kier molecular flexibility index (Phi) is 11.5. The van der Waals surface area contributed by atoms with E-state index in [1.54, 1.807) is 11.3 Å². The van der Waals surface area contributed by atoms with Crippen LogP contribution in [0, 0.1) is 0 Å². The molecule has 11 aromatic carbocycles. The second-order valence-electron chi connectivity index (χ2n) is 20.5. The Balaban J connectivity index is 0.882. The van der Waals surface area contributed by atoms with Gasteiger partial charge in [0.1, 0.15) is 5.01 Å². The third-order valence-corrected chi connectivity index (χ3v) is 16.5. The van der Waals surface area contributed by atoms with E-state index in [4.69, 9.17) is 34.9 Å². The largest absolute Gasteiger partial charge is 0.309 e. The summed E-state index contributed by atoms with van der Waals surface area (Å²) in [5.41, 5.74) is 16.0. The summed E-state index contributed by atoms with van der Waals surface area (Å²) < 4.78 is 5.89. The van der Waals surface area contributed by atoms with E-state index < -0.39 is 0 Å². The van der Waals surface area contributed by atoms with Crippen LogP contribution in [0.25, 0.3) is 155 Å². The highest BCUT2D eigenvalue weighted by Crippen LogP contribution is 2.44. The van der Waals surface area contributed by atoms with Crippen LogP contribution in [-0.4, -0.2) is 44.0 Å². The molecular weight excluding hydrogens is 1030 g/mol. The van der Waals surface area contributed by atoms with Crippen LogP contribution in [0.3, 0.4) is 0 Å². The molecule has 388 valence electrons. The van der Waals surface area contributed by atoms with Gasteiger partial charge in [0.05, 0.1) is 32.3 Å². The zero-order valence-corrected chi connectivity index (χ0v) is 45.2. The van der Waals surface area contributed by atoms with E-state index >= 15 is 0 Å². The Bertz CT molecular complexity index is 5020. The van der Waals surface area contributed by atoms with Gasteiger partial charge in [-0.3, -0.25) is 0 Å². The molecule has 0 bridgehead atoms. The van der Waals surface area contributed by atoms with Gasteiger partial charge >= 0.3 is 0 Å². The second-order valence-corrected chi connectivity index (χ2v) is 21.6. The van der Waals surface area contributed by atoms with E-state index in [-0.39, 0.29) is 0 Å². The molecule has 0 fully saturated rings. The minimum absolute atomic E-state index is 0.591. The van der Waals surface area contributed by atoms with Crippen LogP contribution in [-0.2, 0) is 0 Å². The molecule has 0 radical (unpaired) electrons. The molecule has 5 aromatic heterocycles. The fourth-order valence-corrected chi connectivity index (χ4v) is 12.5. The SMILES string of the molecule is c1ccc(-c2nc(-c3ccccc3)nc(-c3cccc(-n4c5ccc(-c6cccc7c8ccccc8n(-c8cccc(-c9nc(-c%10ccccc%10)nc(-c%10ccccc%10)n9)c8)c67)cc5c5cc6sc(-c7ccccc7)nc6cc54)c3)n2)cc1. The van der Waals surface area contributed by atoms with Crippen molar-refractivity contribution in [3.05, 3.63) is 273 Å². The standard InChI is InChI=1S/C73H45N9S/c1-6-21-46(22-7-1)67-75-68(47-23-8-2-9-24-47)78-71(77-67)52-31-18-33-54(41-52)81-63-40-39-51(43-59(63)60-44-65-61(45-64(60)81)74-73(83-65)50-29-14-5-15-30-50)56-36-20-37-58-57-35-16-17-38-62(57)82(66(56)58)55-34-19-32-53(42-55)72-79-69(48-25-10-3-11-26-48)76-70(80-72)49-27-12-4-13-28-49/h1-45H. The van der Waals surface area contributed by atoms with Crippen LogP contribution in [0.5, 0.6) is 0 Å². The molecule has 0 aliphatic rings. The number of thiazole rings is 1. The molecule has 0 unspecified atom stereocenters. The quantitative estimate of drug-likeness (QED) is 0.134. The highest BCUT2D eigenvalue weighted by Gasteiger charge is 2.22. The van der Waals surface area contributed by atoms with Crippen LogP contribution < -0.4 is 0 Å². The number of rotatable bonds is 10. The lowest BCUT2D eigenvalue weighted by Gasteiger charge is -2.14. The van der Waals surface area contributed by atoms with Gasteiger partial charge in [0.25, 0.3) is 0 Å². The average molecular weight is 1080 g/mol. The third kappa shape index (κ3) is 8.52. The summed E-state index contributed by atoms with van der Waals surface area (Å²) in [7, 11) is 0. The van der Waals surface area contributed by atoms with Crippen LogP contribution in [0.4, 0.5) is 0 Å². The summed E-state index contributed by atoms with van der Waals surface area (Å²) in [4.78, 5) is 35.8. The van der Waals surface area contributed by atoms with Gasteiger partial charge in [-0.25, -0.2) is 34.9 Å². The molecule has 0 saturated carbocycles. The van der Waals surface area contributed by atoms with E-state index in [0.29, 0.717) is 34.9 Å².